The van der Waals surface area contributed by atoms with Crippen molar-refractivity contribution in [3.05, 3.63) is 65.7 Å². The van der Waals surface area contributed by atoms with Crippen molar-refractivity contribution < 1.29 is 13.8 Å². The Morgan fingerprint density at radius 3 is 2.45 bits per heavy atom. The highest BCUT2D eigenvalue weighted by molar-refractivity contribution is 8.23. The van der Waals surface area contributed by atoms with Crippen LogP contribution in [0.5, 0.6) is 0 Å². The average molecular weight is 294 g/mol. The molecule has 2 aromatic carbocycles. The Morgan fingerprint density at radius 1 is 1.10 bits per heavy atom. The first-order chi connectivity index (χ1) is 9.68. The summed E-state index contributed by atoms with van der Waals surface area (Å²) in [6, 6.07) is 17.2. The van der Waals surface area contributed by atoms with Crippen molar-refractivity contribution >= 4 is 10.8 Å². The van der Waals surface area contributed by atoms with Gasteiger partial charge in [0.05, 0.1) is 13.7 Å². The zero-order valence-corrected chi connectivity index (χ0v) is 12.2. The highest BCUT2D eigenvalue weighted by Crippen LogP contribution is 2.48. The molecule has 0 spiro atoms. The summed E-state index contributed by atoms with van der Waals surface area (Å²) in [5.41, 5.74) is 1.89. The summed E-state index contributed by atoms with van der Waals surface area (Å²) < 4.78 is 17.1. The summed E-state index contributed by atoms with van der Waals surface area (Å²) in [6.07, 6.45) is 0. The van der Waals surface area contributed by atoms with E-state index in [2.05, 4.69) is 4.72 Å². The summed E-state index contributed by atoms with van der Waals surface area (Å²) >= 11 is 0. The van der Waals surface area contributed by atoms with E-state index in [1.165, 1.54) is 7.11 Å². The summed E-state index contributed by atoms with van der Waals surface area (Å²) in [4.78, 5) is 0.752. The molecular weight excluding hydrogens is 274 g/mol. The van der Waals surface area contributed by atoms with Crippen LogP contribution < -0.4 is 4.72 Å². The van der Waals surface area contributed by atoms with Gasteiger partial charge >= 0.3 is 0 Å². The van der Waals surface area contributed by atoms with Gasteiger partial charge in [-0.3, -0.25) is 0 Å². The lowest BCUT2D eigenvalue weighted by Gasteiger charge is -2.33. The van der Waals surface area contributed by atoms with Gasteiger partial charge in [0, 0.05) is 6.54 Å². The molecule has 108 valence electrons. The van der Waals surface area contributed by atoms with Crippen LogP contribution in [0.15, 0.2) is 59.5 Å². The maximum atomic E-state index is 9.20. The molecule has 0 aliphatic rings. The Hall–Kier alpha value is -1.37. The van der Waals surface area contributed by atoms with Crippen LogP contribution in [0.25, 0.3) is 0 Å². The number of aliphatic hydroxyl groups is 1. The standard InChI is InChI=1S/C15H19NO3S/c1-19-20(18,15-9-5-8-14(10-15)12-17)16-11-13-6-3-2-4-7-13/h2-10,16-18H,11-12H2,1H3/p+1. The van der Waals surface area contributed by atoms with Crippen molar-refractivity contribution in [3.63, 3.8) is 0 Å². The lowest BCUT2D eigenvalue weighted by atomic mass is 10.2. The number of rotatable bonds is 6. The molecule has 4 N–H and O–H groups in total. The zero-order chi connectivity index (χ0) is 14.4. The summed E-state index contributed by atoms with van der Waals surface area (Å²) in [6.45, 7) is 0.530. The summed E-state index contributed by atoms with van der Waals surface area (Å²) in [5, 5.41) is 9.20. The maximum absolute atomic E-state index is 9.20. The Balaban J connectivity index is 2.15. The third-order valence-electron chi connectivity index (χ3n) is 2.99. The van der Waals surface area contributed by atoms with Crippen molar-refractivity contribution in [2.45, 2.75) is 18.0 Å². The molecule has 0 heterocycles. The SMILES string of the molecule is COS([OH2+])(NCc1ccccc1)c1cccc(CO)c1. The van der Waals surface area contributed by atoms with E-state index in [1.807, 2.05) is 54.6 Å². The van der Waals surface area contributed by atoms with Gasteiger partial charge in [-0.1, -0.05) is 42.5 Å². The molecule has 0 bridgehead atoms. The van der Waals surface area contributed by atoms with Crippen LogP contribution in [0.4, 0.5) is 0 Å². The fraction of sp³-hybridized carbons (Fsp3) is 0.200. The molecule has 0 saturated heterocycles. The number of nitrogens with one attached hydrogen (secondary N) is 1. The minimum atomic E-state index is -2.30. The van der Waals surface area contributed by atoms with Crippen molar-refractivity contribution in [2.24, 2.45) is 0 Å². The van der Waals surface area contributed by atoms with E-state index in [0.29, 0.717) is 6.54 Å². The number of benzene rings is 2. The van der Waals surface area contributed by atoms with E-state index in [9.17, 15) is 5.11 Å². The van der Waals surface area contributed by atoms with Crippen LogP contribution in [0.2, 0.25) is 0 Å². The van der Waals surface area contributed by atoms with Crippen molar-refractivity contribution in [1.29, 1.82) is 0 Å². The smallest absolute Gasteiger partial charge is 0.119 e. The second-order valence-corrected chi connectivity index (χ2v) is 6.54. The largest absolute Gasteiger partial charge is 0.392 e. The molecule has 2 aromatic rings. The van der Waals surface area contributed by atoms with E-state index in [-0.39, 0.29) is 6.61 Å². The molecule has 0 radical (unpaired) electrons. The molecule has 0 aliphatic heterocycles. The zero-order valence-electron chi connectivity index (χ0n) is 11.4. The lowest BCUT2D eigenvalue weighted by molar-refractivity contribution is 0.281. The predicted octanol–water partition coefficient (Wildman–Crippen LogP) is 2.25. The Morgan fingerprint density at radius 2 is 1.80 bits per heavy atom. The van der Waals surface area contributed by atoms with Crippen molar-refractivity contribution in [1.82, 2.24) is 4.72 Å². The molecule has 1 atom stereocenters. The second-order valence-electron chi connectivity index (χ2n) is 4.34. The minimum absolute atomic E-state index is 0.0360. The van der Waals surface area contributed by atoms with Gasteiger partial charge < -0.3 is 9.66 Å². The van der Waals surface area contributed by atoms with Gasteiger partial charge in [0.2, 0.25) is 0 Å². The minimum Gasteiger partial charge on any atom is -0.392 e. The number of aliphatic hydroxyl groups excluding tert-OH is 1. The second kappa shape index (κ2) is 6.88. The van der Waals surface area contributed by atoms with Crippen LogP contribution in [0, 0.1) is 0 Å². The van der Waals surface area contributed by atoms with Gasteiger partial charge in [0.15, 0.2) is 0 Å². The summed E-state index contributed by atoms with van der Waals surface area (Å²) in [5.74, 6) is 0. The third kappa shape index (κ3) is 3.59. The molecule has 0 aliphatic carbocycles. The quantitative estimate of drug-likeness (QED) is 0.803. The van der Waals surface area contributed by atoms with Crippen molar-refractivity contribution in [2.75, 3.05) is 7.11 Å². The van der Waals surface area contributed by atoms with Crippen LogP contribution in [-0.2, 0) is 17.3 Å². The van der Waals surface area contributed by atoms with Crippen LogP contribution in [-0.4, -0.2) is 16.8 Å². The Bertz CT molecular complexity index is 550. The highest BCUT2D eigenvalue weighted by Gasteiger charge is 2.22. The topological polar surface area (TPSA) is 64.4 Å². The molecule has 0 fully saturated rings. The molecule has 2 rings (SSSR count). The van der Waals surface area contributed by atoms with E-state index in [4.69, 9.17) is 8.74 Å². The lowest BCUT2D eigenvalue weighted by Crippen LogP contribution is -2.21. The molecule has 20 heavy (non-hydrogen) atoms. The summed E-state index contributed by atoms with van der Waals surface area (Å²) in [7, 11) is -0.764. The Labute approximate surface area is 120 Å². The van der Waals surface area contributed by atoms with Crippen LogP contribution in [0.3, 0.4) is 0 Å². The number of hydrogen-bond donors (Lipinski definition) is 2. The predicted molar refractivity (Wildman–Crippen MR) is 82.1 cm³/mol. The van der Waals surface area contributed by atoms with E-state index in [1.54, 1.807) is 0 Å². The van der Waals surface area contributed by atoms with Crippen LogP contribution >= 0.6 is 10.8 Å². The highest BCUT2D eigenvalue weighted by atomic mass is 32.3. The third-order valence-corrected chi connectivity index (χ3v) is 4.95. The first kappa shape index (κ1) is 15.0. The van der Waals surface area contributed by atoms with Gasteiger partial charge in [-0.15, -0.1) is 0 Å². The van der Waals surface area contributed by atoms with Crippen LogP contribution in [0.1, 0.15) is 11.1 Å². The van der Waals surface area contributed by atoms with Gasteiger partial charge in [-0.25, -0.2) is 4.18 Å². The Kier molecular flexibility index (Phi) is 5.17. The van der Waals surface area contributed by atoms with E-state index < -0.39 is 10.8 Å². The fourth-order valence-electron chi connectivity index (χ4n) is 1.84. The van der Waals surface area contributed by atoms with Crippen molar-refractivity contribution in [3.8, 4) is 0 Å². The van der Waals surface area contributed by atoms with Gasteiger partial charge in [0.1, 0.15) is 4.90 Å². The first-order valence-electron chi connectivity index (χ1n) is 6.30. The van der Waals surface area contributed by atoms with Gasteiger partial charge in [0.25, 0.3) is 0 Å². The monoisotopic (exact) mass is 294 g/mol. The molecule has 0 saturated carbocycles. The molecular formula is C15H20NO3S+. The maximum Gasteiger partial charge on any atom is 0.119 e. The van der Waals surface area contributed by atoms with E-state index >= 15 is 0 Å². The molecule has 1 unspecified atom stereocenters. The molecule has 0 aromatic heterocycles. The van der Waals surface area contributed by atoms with Gasteiger partial charge in [-0.05, 0) is 34.0 Å². The van der Waals surface area contributed by atoms with Gasteiger partial charge in [-0.2, -0.15) is 4.72 Å². The normalized spacial score (nSPS) is 15.6. The first-order valence-corrected chi connectivity index (χ1v) is 7.85. The average Bonchev–Trinajstić information content (AvgIpc) is 2.53. The fourth-order valence-corrected chi connectivity index (χ4v) is 3.28. The molecule has 4 nitrogen and oxygen atoms in total. The van der Waals surface area contributed by atoms with E-state index in [0.717, 1.165) is 16.0 Å². The molecule has 5 heteroatoms. The molecule has 0 amide bonds. The number of hydrogen-bond acceptors (Lipinski definition) is 3.